The van der Waals surface area contributed by atoms with Crippen LogP contribution in [-0.2, 0) is 0 Å². The summed E-state index contributed by atoms with van der Waals surface area (Å²) >= 11 is 6.31. The van der Waals surface area contributed by atoms with Crippen molar-refractivity contribution in [2.45, 2.75) is 26.7 Å². The molecular formula is C20H24ClN3O. The third-order valence-corrected chi connectivity index (χ3v) is 5.12. The largest absolute Gasteiger partial charge is 0.397 e. The fourth-order valence-electron chi connectivity index (χ4n) is 3.10. The number of benzene rings is 2. The molecule has 1 saturated heterocycles. The van der Waals surface area contributed by atoms with Crippen LogP contribution in [0.15, 0.2) is 36.4 Å². The Kier molecular flexibility index (Phi) is 5.19. The van der Waals surface area contributed by atoms with Crippen LogP contribution in [0.4, 0.5) is 17.1 Å². The number of rotatable bonds is 3. The standard InChI is InChI=1S/C20H24ClN3O/c1-13-3-5-15(6-4-13)20(25)23-18-12-19(17(22)11-16(18)21)24-9-7-14(2)8-10-24/h3-6,11-12,14H,7-10,22H2,1-2H3,(H,23,25). The number of nitrogens with one attached hydrogen (secondary N) is 1. The Hall–Kier alpha value is -2.20. The van der Waals surface area contributed by atoms with Crippen molar-refractivity contribution in [3.63, 3.8) is 0 Å². The van der Waals surface area contributed by atoms with E-state index in [9.17, 15) is 4.79 Å². The van der Waals surface area contributed by atoms with Crippen molar-refractivity contribution in [2.24, 2.45) is 5.92 Å². The van der Waals surface area contributed by atoms with Crippen molar-refractivity contribution in [2.75, 3.05) is 29.0 Å². The Morgan fingerprint density at radius 2 is 1.84 bits per heavy atom. The zero-order valence-electron chi connectivity index (χ0n) is 14.7. The molecule has 4 nitrogen and oxygen atoms in total. The average molecular weight is 358 g/mol. The van der Waals surface area contributed by atoms with E-state index in [0.717, 1.165) is 43.1 Å². The molecule has 0 aliphatic carbocycles. The summed E-state index contributed by atoms with van der Waals surface area (Å²) < 4.78 is 0. The zero-order chi connectivity index (χ0) is 18.0. The summed E-state index contributed by atoms with van der Waals surface area (Å²) in [5.41, 5.74) is 10.1. The first-order valence-corrected chi connectivity index (χ1v) is 9.04. The molecule has 2 aromatic rings. The summed E-state index contributed by atoms with van der Waals surface area (Å²) in [6, 6.07) is 11.1. The van der Waals surface area contributed by atoms with Gasteiger partial charge in [0.25, 0.3) is 5.91 Å². The molecule has 0 aromatic heterocycles. The molecule has 3 N–H and O–H groups in total. The molecule has 1 heterocycles. The van der Waals surface area contributed by atoms with E-state index in [0.29, 0.717) is 22.0 Å². The van der Waals surface area contributed by atoms with Gasteiger partial charge in [-0.25, -0.2) is 0 Å². The second-order valence-corrected chi connectivity index (χ2v) is 7.29. The van der Waals surface area contributed by atoms with E-state index < -0.39 is 0 Å². The minimum atomic E-state index is -0.176. The first kappa shape index (κ1) is 17.6. The van der Waals surface area contributed by atoms with Crippen LogP contribution in [0.5, 0.6) is 0 Å². The molecule has 1 amide bonds. The lowest BCUT2D eigenvalue weighted by Gasteiger charge is -2.33. The number of amides is 1. The van der Waals surface area contributed by atoms with Gasteiger partial charge in [0.2, 0.25) is 0 Å². The van der Waals surface area contributed by atoms with Gasteiger partial charge in [-0.05, 0) is 49.9 Å². The second-order valence-electron chi connectivity index (χ2n) is 6.88. The normalized spacial score (nSPS) is 15.2. The van der Waals surface area contributed by atoms with Gasteiger partial charge < -0.3 is 16.0 Å². The fourth-order valence-corrected chi connectivity index (χ4v) is 3.32. The molecule has 2 aromatic carbocycles. The summed E-state index contributed by atoms with van der Waals surface area (Å²) in [4.78, 5) is 14.7. The molecule has 3 rings (SSSR count). The third-order valence-electron chi connectivity index (χ3n) is 4.80. The predicted molar refractivity (Wildman–Crippen MR) is 106 cm³/mol. The van der Waals surface area contributed by atoms with E-state index in [1.165, 1.54) is 0 Å². The van der Waals surface area contributed by atoms with Gasteiger partial charge in [0.15, 0.2) is 0 Å². The van der Waals surface area contributed by atoms with Crippen molar-refractivity contribution in [3.05, 3.63) is 52.5 Å². The Labute approximate surface area is 154 Å². The average Bonchev–Trinajstić information content (AvgIpc) is 2.59. The maximum Gasteiger partial charge on any atom is 0.255 e. The van der Waals surface area contributed by atoms with Crippen LogP contribution in [0.1, 0.15) is 35.7 Å². The lowest BCUT2D eigenvalue weighted by molar-refractivity contribution is 0.102. The number of anilines is 3. The Bertz CT molecular complexity index is 765. The van der Waals surface area contributed by atoms with Crippen LogP contribution in [0.2, 0.25) is 5.02 Å². The molecule has 0 spiro atoms. The Balaban J connectivity index is 1.82. The molecule has 0 bridgehead atoms. The highest BCUT2D eigenvalue weighted by Gasteiger charge is 2.20. The number of piperidine rings is 1. The minimum Gasteiger partial charge on any atom is -0.397 e. The molecule has 1 fully saturated rings. The lowest BCUT2D eigenvalue weighted by atomic mass is 9.98. The quantitative estimate of drug-likeness (QED) is 0.781. The monoisotopic (exact) mass is 357 g/mol. The first-order chi connectivity index (χ1) is 11.9. The molecule has 0 unspecified atom stereocenters. The number of hydrogen-bond acceptors (Lipinski definition) is 3. The van der Waals surface area contributed by atoms with E-state index in [-0.39, 0.29) is 5.91 Å². The van der Waals surface area contributed by atoms with Crippen LogP contribution in [0, 0.1) is 12.8 Å². The summed E-state index contributed by atoms with van der Waals surface area (Å²) in [5.74, 6) is 0.565. The maximum atomic E-state index is 12.5. The molecule has 0 atom stereocenters. The number of aryl methyl sites for hydroxylation is 1. The molecule has 0 saturated carbocycles. The molecule has 132 valence electrons. The van der Waals surface area contributed by atoms with Crippen molar-refractivity contribution >= 4 is 34.6 Å². The zero-order valence-corrected chi connectivity index (χ0v) is 15.4. The van der Waals surface area contributed by atoms with Crippen molar-refractivity contribution in [1.82, 2.24) is 0 Å². The van der Waals surface area contributed by atoms with Gasteiger partial charge in [0.05, 0.1) is 22.1 Å². The SMILES string of the molecule is Cc1ccc(C(=O)Nc2cc(N3CCC(C)CC3)c(N)cc2Cl)cc1. The van der Waals surface area contributed by atoms with E-state index in [1.807, 2.05) is 37.3 Å². The second kappa shape index (κ2) is 7.36. The van der Waals surface area contributed by atoms with Crippen LogP contribution in [-0.4, -0.2) is 19.0 Å². The number of nitrogens with two attached hydrogens (primary N) is 1. The van der Waals surface area contributed by atoms with Crippen molar-refractivity contribution in [1.29, 1.82) is 0 Å². The number of carbonyl (C=O) groups excluding carboxylic acids is 1. The van der Waals surface area contributed by atoms with E-state index >= 15 is 0 Å². The summed E-state index contributed by atoms with van der Waals surface area (Å²) in [6.07, 6.45) is 2.29. The van der Waals surface area contributed by atoms with Gasteiger partial charge in [-0.1, -0.05) is 36.2 Å². The lowest BCUT2D eigenvalue weighted by Crippen LogP contribution is -2.33. The Morgan fingerprint density at radius 1 is 1.20 bits per heavy atom. The van der Waals surface area contributed by atoms with E-state index in [2.05, 4.69) is 17.1 Å². The van der Waals surface area contributed by atoms with Crippen LogP contribution in [0.3, 0.4) is 0 Å². The molecule has 1 aliphatic rings. The molecule has 0 radical (unpaired) electrons. The predicted octanol–water partition coefficient (Wildman–Crippen LogP) is 4.72. The van der Waals surface area contributed by atoms with Crippen LogP contribution in [0.25, 0.3) is 0 Å². The highest BCUT2D eigenvalue weighted by Crippen LogP contribution is 2.35. The third kappa shape index (κ3) is 4.07. The fraction of sp³-hybridized carbons (Fsp3) is 0.350. The van der Waals surface area contributed by atoms with Gasteiger partial charge in [-0.2, -0.15) is 0 Å². The Morgan fingerprint density at radius 3 is 2.48 bits per heavy atom. The smallest absolute Gasteiger partial charge is 0.255 e. The summed E-state index contributed by atoms with van der Waals surface area (Å²) in [5, 5.41) is 3.36. The number of hydrogen-bond donors (Lipinski definition) is 2. The summed E-state index contributed by atoms with van der Waals surface area (Å²) in [7, 11) is 0. The summed E-state index contributed by atoms with van der Waals surface area (Å²) in [6.45, 7) is 6.21. The van der Waals surface area contributed by atoms with Gasteiger partial charge in [0, 0.05) is 18.7 Å². The molecular weight excluding hydrogens is 334 g/mol. The highest BCUT2D eigenvalue weighted by molar-refractivity contribution is 6.34. The van der Waals surface area contributed by atoms with Crippen LogP contribution >= 0.6 is 11.6 Å². The van der Waals surface area contributed by atoms with E-state index in [4.69, 9.17) is 17.3 Å². The minimum absolute atomic E-state index is 0.176. The molecule has 1 aliphatic heterocycles. The van der Waals surface area contributed by atoms with Crippen molar-refractivity contribution in [3.8, 4) is 0 Å². The van der Waals surface area contributed by atoms with Gasteiger partial charge in [-0.15, -0.1) is 0 Å². The number of nitrogens with zero attached hydrogens (tertiary/aromatic N) is 1. The first-order valence-electron chi connectivity index (χ1n) is 8.66. The highest BCUT2D eigenvalue weighted by atomic mass is 35.5. The number of carbonyl (C=O) groups is 1. The van der Waals surface area contributed by atoms with Gasteiger partial charge in [0.1, 0.15) is 0 Å². The topological polar surface area (TPSA) is 58.4 Å². The van der Waals surface area contributed by atoms with Crippen molar-refractivity contribution < 1.29 is 4.79 Å². The van der Waals surface area contributed by atoms with Crippen LogP contribution < -0.4 is 16.0 Å². The molecule has 5 heteroatoms. The van der Waals surface area contributed by atoms with Gasteiger partial charge >= 0.3 is 0 Å². The number of halogens is 1. The molecule has 25 heavy (non-hydrogen) atoms. The van der Waals surface area contributed by atoms with Gasteiger partial charge in [-0.3, -0.25) is 4.79 Å². The maximum absolute atomic E-state index is 12.5. The van der Waals surface area contributed by atoms with E-state index in [1.54, 1.807) is 6.07 Å². The number of nitrogen functional groups attached to an aromatic ring is 1.